The Labute approximate surface area is 132 Å². The molecule has 1 N–H and O–H groups in total. The van der Waals surface area contributed by atoms with Crippen molar-refractivity contribution < 1.29 is 9.32 Å². The van der Waals surface area contributed by atoms with Crippen molar-refractivity contribution in [3.05, 3.63) is 46.8 Å². The maximum absolute atomic E-state index is 10.9. The van der Waals surface area contributed by atoms with Crippen molar-refractivity contribution >= 4 is 17.2 Å². The van der Waals surface area contributed by atoms with Crippen LogP contribution in [0, 0.1) is 6.92 Å². The maximum Gasteiger partial charge on any atom is 0.258 e. The Morgan fingerprint density at radius 1 is 1.27 bits per heavy atom. The summed E-state index contributed by atoms with van der Waals surface area (Å²) in [7, 11) is 0. The van der Waals surface area contributed by atoms with Gasteiger partial charge in [-0.2, -0.15) is 4.98 Å². The number of nitrogens with zero attached hydrogens (tertiary/aromatic N) is 2. The lowest BCUT2D eigenvalue weighted by Crippen LogP contribution is -2.17. The first-order valence-corrected chi connectivity index (χ1v) is 7.68. The molecule has 2 aromatic heterocycles. The van der Waals surface area contributed by atoms with Crippen LogP contribution in [0.25, 0.3) is 22.2 Å². The molecule has 3 rings (SSSR count). The van der Waals surface area contributed by atoms with E-state index in [1.807, 2.05) is 43.3 Å². The average Bonchev–Trinajstić information content (AvgIpc) is 3.14. The zero-order valence-electron chi connectivity index (χ0n) is 12.3. The highest BCUT2D eigenvalue weighted by Crippen LogP contribution is 2.29. The predicted octanol–water partition coefficient (Wildman–Crippen LogP) is 3.41. The first-order valence-electron chi connectivity index (χ1n) is 6.87. The van der Waals surface area contributed by atoms with E-state index in [-0.39, 0.29) is 5.91 Å². The van der Waals surface area contributed by atoms with Crippen LogP contribution < -0.4 is 5.32 Å². The number of benzene rings is 1. The summed E-state index contributed by atoms with van der Waals surface area (Å²) in [6.45, 7) is 4.03. The van der Waals surface area contributed by atoms with Crippen molar-refractivity contribution in [1.29, 1.82) is 0 Å². The number of aromatic nitrogens is 2. The lowest BCUT2D eigenvalue weighted by molar-refractivity contribution is -0.119. The molecule has 0 aliphatic rings. The van der Waals surface area contributed by atoms with Crippen LogP contribution in [0.1, 0.15) is 17.4 Å². The molecule has 0 spiro atoms. The van der Waals surface area contributed by atoms with E-state index < -0.39 is 0 Å². The number of nitrogens with one attached hydrogen (secondary N) is 1. The highest BCUT2D eigenvalue weighted by atomic mass is 32.1. The van der Waals surface area contributed by atoms with Crippen molar-refractivity contribution in [1.82, 2.24) is 15.5 Å². The van der Waals surface area contributed by atoms with Crippen LogP contribution in [0.3, 0.4) is 0 Å². The number of aryl methyl sites for hydroxylation is 1. The number of hydrogen-bond acceptors (Lipinski definition) is 5. The lowest BCUT2D eigenvalue weighted by atomic mass is 10.1. The predicted molar refractivity (Wildman–Crippen MR) is 85.3 cm³/mol. The molecule has 22 heavy (non-hydrogen) atoms. The monoisotopic (exact) mass is 313 g/mol. The van der Waals surface area contributed by atoms with Crippen molar-refractivity contribution in [2.75, 3.05) is 0 Å². The van der Waals surface area contributed by atoms with E-state index in [9.17, 15) is 4.79 Å². The summed E-state index contributed by atoms with van der Waals surface area (Å²) in [5.41, 5.74) is 2.03. The van der Waals surface area contributed by atoms with Crippen molar-refractivity contribution in [2.24, 2.45) is 0 Å². The van der Waals surface area contributed by atoms with Gasteiger partial charge in [-0.15, -0.1) is 11.3 Å². The zero-order chi connectivity index (χ0) is 15.5. The molecule has 0 radical (unpaired) electrons. The van der Waals surface area contributed by atoms with Crippen LogP contribution in [0.2, 0.25) is 0 Å². The van der Waals surface area contributed by atoms with Gasteiger partial charge in [0.1, 0.15) is 0 Å². The molecule has 2 heterocycles. The Kier molecular flexibility index (Phi) is 4.02. The lowest BCUT2D eigenvalue weighted by Gasteiger charge is -1.97. The zero-order valence-corrected chi connectivity index (χ0v) is 13.1. The third kappa shape index (κ3) is 3.07. The minimum Gasteiger partial charge on any atom is -0.351 e. The smallest absolute Gasteiger partial charge is 0.258 e. The van der Waals surface area contributed by atoms with Gasteiger partial charge >= 0.3 is 0 Å². The van der Waals surface area contributed by atoms with Crippen LogP contribution in [0.5, 0.6) is 0 Å². The molecule has 1 amide bonds. The van der Waals surface area contributed by atoms with Crippen LogP contribution in [0.4, 0.5) is 0 Å². The molecule has 0 fully saturated rings. The molecule has 0 bridgehead atoms. The molecule has 0 saturated carbocycles. The Morgan fingerprint density at radius 2 is 2.09 bits per heavy atom. The number of thiophene rings is 1. The Balaban J connectivity index is 1.82. The van der Waals surface area contributed by atoms with Gasteiger partial charge < -0.3 is 9.84 Å². The van der Waals surface area contributed by atoms with Gasteiger partial charge in [0.05, 0.1) is 11.4 Å². The van der Waals surface area contributed by atoms with E-state index in [1.54, 1.807) is 11.3 Å². The van der Waals surface area contributed by atoms with Crippen molar-refractivity contribution in [2.45, 2.75) is 20.4 Å². The molecule has 6 heteroatoms. The Hall–Kier alpha value is -2.47. The molecule has 112 valence electrons. The van der Waals surface area contributed by atoms with Gasteiger partial charge in [0.25, 0.3) is 5.89 Å². The fraction of sp³-hybridized carbons (Fsp3) is 0.188. The summed E-state index contributed by atoms with van der Waals surface area (Å²) in [4.78, 5) is 17.4. The second-order valence-corrected chi connectivity index (χ2v) is 6.08. The van der Waals surface area contributed by atoms with Crippen LogP contribution in [0.15, 0.2) is 40.9 Å². The number of amides is 1. The molecule has 3 aromatic rings. The molecular weight excluding hydrogens is 298 g/mol. The fourth-order valence-corrected chi connectivity index (χ4v) is 2.92. The first-order chi connectivity index (χ1) is 10.6. The first kappa shape index (κ1) is 14.5. The largest absolute Gasteiger partial charge is 0.351 e. The van der Waals surface area contributed by atoms with E-state index in [1.165, 1.54) is 6.92 Å². The normalized spacial score (nSPS) is 10.6. The topological polar surface area (TPSA) is 68.0 Å². The van der Waals surface area contributed by atoms with Gasteiger partial charge in [0.2, 0.25) is 11.7 Å². The minimum absolute atomic E-state index is 0.0450. The van der Waals surface area contributed by atoms with Crippen molar-refractivity contribution in [3.8, 4) is 22.2 Å². The molecular formula is C16H15N3O2S. The van der Waals surface area contributed by atoms with Gasteiger partial charge in [0, 0.05) is 17.4 Å². The second-order valence-electron chi connectivity index (χ2n) is 4.91. The molecule has 0 unspecified atom stereocenters. The summed E-state index contributed by atoms with van der Waals surface area (Å²) < 4.78 is 5.37. The SMILES string of the molecule is CC(=O)NCc1ccc(-c2noc(-c3ccccc3C)n2)s1. The summed E-state index contributed by atoms with van der Waals surface area (Å²) in [5.74, 6) is 1.04. The molecule has 0 saturated heterocycles. The van der Waals surface area contributed by atoms with E-state index in [4.69, 9.17) is 4.52 Å². The number of rotatable bonds is 4. The van der Waals surface area contributed by atoms with Gasteiger partial charge in [-0.1, -0.05) is 23.4 Å². The maximum atomic E-state index is 10.9. The third-order valence-electron chi connectivity index (χ3n) is 3.20. The van der Waals surface area contributed by atoms with Crippen LogP contribution in [-0.4, -0.2) is 16.0 Å². The summed E-state index contributed by atoms with van der Waals surface area (Å²) >= 11 is 1.54. The third-order valence-corrected chi connectivity index (χ3v) is 4.28. The summed E-state index contributed by atoms with van der Waals surface area (Å²) in [6.07, 6.45) is 0. The van der Waals surface area contributed by atoms with Gasteiger partial charge in [-0.3, -0.25) is 4.79 Å². The molecule has 0 atom stereocenters. The molecule has 5 nitrogen and oxygen atoms in total. The molecule has 0 aliphatic carbocycles. The van der Waals surface area contributed by atoms with Crippen LogP contribution in [-0.2, 0) is 11.3 Å². The average molecular weight is 313 g/mol. The highest BCUT2D eigenvalue weighted by Gasteiger charge is 2.13. The van der Waals surface area contributed by atoms with E-state index in [2.05, 4.69) is 15.5 Å². The number of hydrogen-bond donors (Lipinski definition) is 1. The summed E-state index contributed by atoms with van der Waals surface area (Å²) in [5, 5.41) is 6.82. The van der Waals surface area contributed by atoms with Crippen molar-refractivity contribution in [3.63, 3.8) is 0 Å². The standard InChI is InChI=1S/C16H15N3O2S/c1-10-5-3-4-6-13(10)16-18-15(19-21-16)14-8-7-12(22-14)9-17-11(2)20/h3-8H,9H2,1-2H3,(H,17,20). The molecule has 1 aromatic carbocycles. The fourth-order valence-electron chi connectivity index (χ4n) is 2.05. The minimum atomic E-state index is -0.0450. The number of carbonyl (C=O) groups excluding carboxylic acids is 1. The quantitative estimate of drug-likeness (QED) is 0.801. The van der Waals surface area contributed by atoms with Gasteiger partial charge in [0.15, 0.2) is 0 Å². The van der Waals surface area contributed by atoms with Crippen LogP contribution >= 0.6 is 11.3 Å². The van der Waals surface area contributed by atoms with Gasteiger partial charge in [-0.25, -0.2) is 0 Å². The van der Waals surface area contributed by atoms with E-state index in [0.29, 0.717) is 18.3 Å². The second kappa shape index (κ2) is 6.11. The highest BCUT2D eigenvalue weighted by molar-refractivity contribution is 7.15. The summed E-state index contributed by atoms with van der Waals surface area (Å²) in [6, 6.07) is 11.8. The Bertz CT molecular complexity index is 807. The number of carbonyl (C=O) groups is 1. The van der Waals surface area contributed by atoms with E-state index in [0.717, 1.165) is 20.9 Å². The Morgan fingerprint density at radius 3 is 2.86 bits per heavy atom. The van der Waals surface area contributed by atoms with E-state index >= 15 is 0 Å². The molecule has 0 aliphatic heterocycles. The van der Waals surface area contributed by atoms with Gasteiger partial charge in [-0.05, 0) is 30.7 Å².